The number of rotatable bonds is 6. The Kier molecular flexibility index (Phi) is 6.71. The standard InChI is InChI=1S/C21H24ClN3O2/c22-17-6-3-7-18(15-17)24-21(27)20(26)23-12-4-5-16-8-10-19(11-9-16)25-13-1-2-14-25/h3,6-11,15H,1-2,4-5,12-14H2,(H,23,26)(H,24,27). The summed E-state index contributed by atoms with van der Waals surface area (Å²) in [5, 5.41) is 5.69. The fraction of sp³-hybridized carbons (Fsp3) is 0.333. The summed E-state index contributed by atoms with van der Waals surface area (Å²) in [6.07, 6.45) is 4.17. The quantitative estimate of drug-likeness (QED) is 0.589. The number of halogens is 1. The van der Waals surface area contributed by atoms with Crippen molar-refractivity contribution in [3.63, 3.8) is 0 Å². The maximum Gasteiger partial charge on any atom is 0.313 e. The Morgan fingerprint density at radius 3 is 2.44 bits per heavy atom. The monoisotopic (exact) mass is 385 g/mol. The van der Waals surface area contributed by atoms with Crippen molar-refractivity contribution in [2.75, 3.05) is 29.9 Å². The number of aryl methyl sites for hydroxylation is 1. The van der Waals surface area contributed by atoms with Gasteiger partial charge in [-0.25, -0.2) is 0 Å². The molecule has 1 saturated heterocycles. The number of anilines is 2. The molecule has 0 atom stereocenters. The molecule has 6 heteroatoms. The molecule has 0 saturated carbocycles. The molecule has 0 radical (unpaired) electrons. The van der Waals surface area contributed by atoms with Gasteiger partial charge in [0.1, 0.15) is 0 Å². The van der Waals surface area contributed by atoms with Crippen LogP contribution >= 0.6 is 11.6 Å². The van der Waals surface area contributed by atoms with Crippen LogP contribution in [0, 0.1) is 0 Å². The van der Waals surface area contributed by atoms with Crippen LogP contribution in [0.1, 0.15) is 24.8 Å². The van der Waals surface area contributed by atoms with Crippen molar-refractivity contribution >= 4 is 34.8 Å². The number of nitrogens with zero attached hydrogens (tertiary/aromatic N) is 1. The van der Waals surface area contributed by atoms with Crippen molar-refractivity contribution in [1.82, 2.24) is 5.32 Å². The Bertz CT molecular complexity index is 786. The van der Waals surface area contributed by atoms with E-state index in [9.17, 15) is 9.59 Å². The molecule has 0 aliphatic carbocycles. The highest BCUT2D eigenvalue weighted by Crippen LogP contribution is 2.20. The number of carbonyl (C=O) groups excluding carboxylic acids is 2. The number of nitrogens with one attached hydrogen (secondary N) is 2. The van der Waals surface area contributed by atoms with E-state index in [1.165, 1.54) is 24.1 Å². The average Bonchev–Trinajstić information content (AvgIpc) is 3.20. The second-order valence-electron chi connectivity index (χ2n) is 6.68. The molecular formula is C21H24ClN3O2. The SMILES string of the molecule is O=C(NCCCc1ccc(N2CCCC2)cc1)C(=O)Nc1cccc(Cl)c1. The zero-order chi connectivity index (χ0) is 19.1. The van der Waals surface area contributed by atoms with Gasteiger partial charge in [0.2, 0.25) is 0 Å². The summed E-state index contributed by atoms with van der Waals surface area (Å²) in [5.74, 6) is -1.33. The van der Waals surface area contributed by atoms with Crippen molar-refractivity contribution in [1.29, 1.82) is 0 Å². The number of benzene rings is 2. The third kappa shape index (κ3) is 5.73. The van der Waals surface area contributed by atoms with Crippen LogP contribution in [-0.4, -0.2) is 31.4 Å². The summed E-state index contributed by atoms with van der Waals surface area (Å²) in [6.45, 7) is 2.74. The molecular weight excluding hydrogens is 362 g/mol. The lowest BCUT2D eigenvalue weighted by molar-refractivity contribution is -0.136. The Hall–Kier alpha value is -2.53. The zero-order valence-electron chi connectivity index (χ0n) is 15.2. The van der Waals surface area contributed by atoms with Crippen LogP contribution in [0.5, 0.6) is 0 Å². The molecule has 27 heavy (non-hydrogen) atoms. The smallest absolute Gasteiger partial charge is 0.313 e. The van der Waals surface area contributed by atoms with Crippen LogP contribution in [0.2, 0.25) is 5.02 Å². The van der Waals surface area contributed by atoms with E-state index < -0.39 is 11.8 Å². The second-order valence-corrected chi connectivity index (χ2v) is 7.12. The number of hydrogen-bond acceptors (Lipinski definition) is 3. The lowest BCUT2D eigenvalue weighted by Crippen LogP contribution is -2.36. The third-order valence-electron chi connectivity index (χ3n) is 4.62. The van der Waals surface area contributed by atoms with Crippen LogP contribution in [0.4, 0.5) is 11.4 Å². The highest BCUT2D eigenvalue weighted by atomic mass is 35.5. The summed E-state index contributed by atoms with van der Waals surface area (Å²) < 4.78 is 0. The maximum absolute atomic E-state index is 11.9. The van der Waals surface area contributed by atoms with Gasteiger partial charge in [0.05, 0.1) is 0 Å². The molecule has 0 unspecified atom stereocenters. The van der Waals surface area contributed by atoms with Gasteiger partial charge >= 0.3 is 11.8 Å². The summed E-state index contributed by atoms with van der Waals surface area (Å²) in [7, 11) is 0. The van der Waals surface area contributed by atoms with E-state index in [0.717, 1.165) is 25.9 Å². The van der Waals surface area contributed by atoms with Crippen LogP contribution in [0.25, 0.3) is 0 Å². The van der Waals surface area contributed by atoms with Gasteiger partial charge in [0.15, 0.2) is 0 Å². The number of hydrogen-bond donors (Lipinski definition) is 2. The van der Waals surface area contributed by atoms with Gasteiger partial charge in [-0.2, -0.15) is 0 Å². The first-order valence-electron chi connectivity index (χ1n) is 9.30. The van der Waals surface area contributed by atoms with E-state index in [1.54, 1.807) is 24.3 Å². The molecule has 2 N–H and O–H groups in total. The van der Waals surface area contributed by atoms with Gasteiger partial charge in [-0.05, 0) is 61.6 Å². The molecule has 142 valence electrons. The third-order valence-corrected chi connectivity index (χ3v) is 4.86. The largest absolute Gasteiger partial charge is 0.372 e. The van der Waals surface area contributed by atoms with Gasteiger partial charge in [0, 0.05) is 36.0 Å². The van der Waals surface area contributed by atoms with E-state index in [1.807, 2.05) is 0 Å². The van der Waals surface area contributed by atoms with Crippen molar-refractivity contribution in [2.45, 2.75) is 25.7 Å². The topological polar surface area (TPSA) is 61.4 Å². The molecule has 2 aromatic carbocycles. The first kappa shape index (κ1) is 19.2. The predicted molar refractivity (Wildman–Crippen MR) is 109 cm³/mol. The zero-order valence-corrected chi connectivity index (χ0v) is 16.0. The van der Waals surface area contributed by atoms with Gasteiger partial charge in [-0.3, -0.25) is 9.59 Å². The number of carbonyl (C=O) groups is 2. The fourth-order valence-electron chi connectivity index (χ4n) is 3.18. The second kappa shape index (κ2) is 9.42. The normalized spacial score (nSPS) is 13.4. The molecule has 3 rings (SSSR count). The summed E-state index contributed by atoms with van der Waals surface area (Å²) in [5.41, 5.74) is 3.01. The highest BCUT2D eigenvalue weighted by Gasteiger charge is 2.13. The fourth-order valence-corrected chi connectivity index (χ4v) is 3.37. The van der Waals surface area contributed by atoms with Crippen LogP contribution in [0.3, 0.4) is 0 Å². The van der Waals surface area contributed by atoms with Crippen molar-refractivity contribution in [3.8, 4) is 0 Å². The van der Waals surface area contributed by atoms with Crippen LogP contribution in [-0.2, 0) is 16.0 Å². The first-order chi connectivity index (χ1) is 13.1. The summed E-state index contributed by atoms with van der Waals surface area (Å²) in [4.78, 5) is 26.2. The molecule has 5 nitrogen and oxygen atoms in total. The van der Waals surface area contributed by atoms with Crippen molar-refractivity contribution in [3.05, 3.63) is 59.1 Å². The molecule has 2 amide bonds. The minimum atomic E-state index is -0.688. The Morgan fingerprint density at radius 1 is 1.00 bits per heavy atom. The molecule has 1 fully saturated rings. The molecule has 1 aliphatic heterocycles. The average molecular weight is 386 g/mol. The minimum Gasteiger partial charge on any atom is -0.372 e. The Labute approximate surface area is 164 Å². The molecule has 0 aromatic heterocycles. The van der Waals surface area contributed by atoms with E-state index >= 15 is 0 Å². The maximum atomic E-state index is 11.9. The van der Waals surface area contributed by atoms with E-state index in [0.29, 0.717) is 17.3 Å². The van der Waals surface area contributed by atoms with E-state index in [2.05, 4.69) is 39.8 Å². The Morgan fingerprint density at radius 2 is 1.74 bits per heavy atom. The molecule has 0 spiro atoms. The summed E-state index contributed by atoms with van der Waals surface area (Å²) in [6, 6.07) is 15.3. The summed E-state index contributed by atoms with van der Waals surface area (Å²) >= 11 is 5.86. The van der Waals surface area contributed by atoms with Gasteiger partial charge < -0.3 is 15.5 Å². The van der Waals surface area contributed by atoms with Crippen molar-refractivity contribution < 1.29 is 9.59 Å². The number of amides is 2. The predicted octanol–water partition coefficient (Wildman–Crippen LogP) is 3.63. The minimum absolute atomic E-state index is 0.454. The van der Waals surface area contributed by atoms with E-state index in [-0.39, 0.29) is 0 Å². The van der Waals surface area contributed by atoms with E-state index in [4.69, 9.17) is 11.6 Å². The lowest BCUT2D eigenvalue weighted by Gasteiger charge is -2.17. The molecule has 1 heterocycles. The van der Waals surface area contributed by atoms with Crippen LogP contribution in [0.15, 0.2) is 48.5 Å². The molecule has 1 aliphatic rings. The van der Waals surface area contributed by atoms with Gasteiger partial charge in [0.25, 0.3) is 0 Å². The molecule has 2 aromatic rings. The lowest BCUT2D eigenvalue weighted by atomic mass is 10.1. The van der Waals surface area contributed by atoms with Gasteiger partial charge in [-0.15, -0.1) is 0 Å². The first-order valence-corrected chi connectivity index (χ1v) is 9.68. The highest BCUT2D eigenvalue weighted by molar-refractivity contribution is 6.39. The molecule has 0 bridgehead atoms. The Balaban J connectivity index is 1.37. The van der Waals surface area contributed by atoms with Crippen LogP contribution < -0.4 is 15.5 Å². The van der Waals surface area contributed by atoms with Crippen molar-refractivity contribution in [2.24, 2.45) is 0 Å². The van der Waals surface area contributed by atoms with Gasteiger partial charge in [-0.1, -0.05) is 29.8 Å².